The molecule has 0 aliphatic rings. The summed E-state index contributed by atoms with van der Waals surface area (Å²) in [4.78, 5) is 19.6. The van der Waals surface area contributed by atoms with Crippen molar-refractivity contribution in [2.75, 3.05) is 12.3 Å². The van der Waals surface area contributed by atoms with E-state index in [1.165, 1.54) is 0 Å². The largest absolute Gasteiger partial charge is 0.445 e. The number of nitrogens with one attached hydrogen (secondary N) is 1. The summed E-state index contributed by atoms with van der Waals surface area (Å²) in [7, 11) is 0. The zero-order valence-corrected chi connectivity index (χ0v) is 13.0. The van der Waals surface area contributed by atoms with E-state index in [-0.39, 0.29) is 12.6 Å². The average molecular weight is 312 g/mol. The first-order chi connectivity index (χ1) is 11.1. The molecule has 0 bridgehead atoms. The molecule has 1 heterocycles. The van der Waals surface area contributed by atoms with Gasteiger partial charge in [-0.25, -0.2) is 14.8 Å². The molecule has 1 aromatic carbocycles. The van der Waals surface area contributed by atoms with Gasteiger partial charge in [-0.2, -0.15) is 0 Å². The minimum atomic E-state index is -0.422. The van der Waals surface area contributed by atoms with Gasteiger partial charge >= 0.3 is 6.09 Å². The summed E-state index contributed by atoms with van der Waals surface area (Å²) >= 11 is 0. The smallest absolute Gasteiger partial charge is 0.407 e. The predicted octanol–water partition coefficient (Wildman–Crippen LogP) is 2.70. The monoisotopic (exact) mass is 312 g/mol. The van der Waals surface area contributed by atoms with E-state index in [1.807, 2.05) is 49.4 Å². The highest BCUT2D eigenvalue weighted by Crippen LogP contribution is 2.07. The van der Waals surface area contributed by atoms with Crippen LogP contribution in [0.2, 0.25) is 0 Å². The lowest BCUT2D eigenvalue weighted by Crippen LogP contribution is -2.24. The quantitative estimate of drug-likeness (QED) is 0.800. The van der Waals surface area contributed by atoms with Gasteiger partial charge in [0, 0.05) is 18.3 Å². The van der Waals surface area contributed by atoms with Gasteiger partial charge in [0.25, 0.3) is 0 Å². The fraction of sp³-hybridized carbons (Fsp3) is 0.235. The van der Waals surface area contributed by atoms with Gasteiger partial charge < -0.3 is 15.8 Å². The maximum atomic E-state index is 11.5. The Hall–Kier alpha value is -2.89. The number of carbonyl (C=O) groups excluding carboxylic acids is 1. The van der Waals surface area contributed by atoms with Gasteiger partial charge in [0.15, 0.2) is 0 Å². The first kappa shape index (κ1) is 16.5. The van der Waals surface area contributed by atoms with Crippen LogP contribution in [0.15, 0.2) is 42.6 Å². The van der Waals surface area contributed by atoms with Crippen LogP contribution in [0.4, 0.5) is 10.7 Å². The lowest BCUT2D eigenvalue weighted by molar-refractivity contribution is 0.140. The topological polar surface area (TPSA) is 90.1 Å². The van der Waals surface area contributed by atoms with Gasteiger partial charge in [-0.15, -0.1) is 0 Å². The van der Waals surface area contributed by atoms with Crippen LogP contribution in [0.3, 0.4) is 0 Å². The molecule has 6 nitrogen and oxygen atoms in total. The van der Waals surface area contributed by atoms with Gasteiger partial charge in [-0.3, -0.25) is 0 Å². The number of rotatable bonds is 6. The molecule has 2 aromatic rings. The van der Waals surface area contributed by atoms with E-state index < -0.39 is 6.09 Å². The number of nitrogen functional groups attached to an aromatic ring is 1. The maximum Gasteiger partial charge on any atom is 0.407 e. The molecule has 0 unspecified atom stereocenters. The summed E-state index contributed by atoms with van der Waals surface area (Å²) in [5, 5.41) is 2.70. The van der Waals surface area contributed by atoms with Crippen molar-refractivity contribution in [2.45, 2.75) is 20.0 Å². The van der Waals surface area contributed by atoms with E-state index in [0.717, 1.165) is 16.8 Å². The van der Waals surface area contributed by atoms with Crippen molar-refractivity contribution < 1.29 is 9.53 Å². The van der Waals surface area contributed by atoms with E-state index >= 15 is 0 Å². The van der Waals surface area contributed by atoms with Crippen molar-refractivity contribution in [2.24, 2.45) is 0 Å². The second kappa shape index (κ2) is 8.53. The van der Waals surface area contributed by atoms with Gasteiger partial charge in [0.2, 0.25) is 5.95 Å². The average Bonchev–Trinajstić information content (AvgIpc) is 2.55. The number of hydrogen-bond donors (Lipinski definition) is 2. The van der Waals surface area contributed by atoms with Crippen LogP contribution in [-0.2, 0) is 11.3 Å². The number of ether oxygens (including phenoxy) is 1. The number of alkyl carbamates (subject to hydrolysis) is 1. The number of carbonyl (C=O) groups is 1. The van der Waals surface area contributed by atoms with Gasteiger partial charge in [0.1, 0.15) is 6.61 Å². The van der Waals surface area contributed by atoms with E-state index in [0.29, 0.717) is 13.0 Å². The highest BCUT2D eigenvalue weighted by Gasteiger charge is 2.01. The van der Waals surface area contributed by atoms with Crippen LogP contribution in [0.25, 0.3) is 6.08 Å². The lowest BCUT2D eigenvalue weighted by atomic mass is 10.2. The van der Waals surface area contributed by atoms with Crippen LogP contribution in [0.5, 0.6) is 0 Å². The number of aryl methyl sites for hydroxylation is 1. The Balaban J connectivity index is 1.66. The molecule has 0 saturated heterocycles. The van der Waals surface area contributed by atoms with E-state index in [4.69, 9.17) is 10.5 Å². The van der Waals surface area contributed by atoms with Crippen LogP contribution in [0, 0.1) is 6.92 Å². The molecule has 1 aromatic heterocycles. The molecule has 0 spiro atoms. The Morgan fingerprint density at radius 2 is 2.13 bits per heavy atom. The Morgan fingerprint density at radius 3 is 2.87 bits per heavy atom. The van der Waals surface area contributed by atoms with Crippen molar-refractivity contribution in [3.8, 4) is 0 Å². The van der Waals surface area contributed by atoms with Crippen molar-refractivity contribution in [3.63, 3.8) is 0 Å². The minimum absolute atomic E-state index is 0.266. The van der Waals surface area contributed by atoms with E-state index in [2.05, 4.69) is 15.3 Å². The number of amides is 1. The summed E-state index contributed by atoms with van der Waals surface area (Å²) in [5.74, 6) is 0.266. The molecule has 120 valence electrons. The Kier molecular flexibility index (Phi) is 6.11. The van der Waals surface area contributed by atoms with Crippen molar-refractivity contribution in [1.29, 1.82) is 0 Å². The molecule has 0 radical (unpaired) electrons. The van der Waals surface area contributed by atoms with Crippen LogP contribution in [0.1, 0.15) is 23.2 Å². The van der Waals surface area contributed by atoms with E-state index in [9.17, 15) is 4.79 Å². The zero-order valence-electron chi connectivity index (χ0n) is 13.0. The number of benzene rings is 1. The second-order valence-electron chi connectivity index (χ2n) is 4.95. The van der Waals surface area contributed by atoms with Crippen LogP contribution < -0.4 is 11.1 Å². The first-order valence-corrected chi connectivity index (χ1v) is 7.35. The molecule has 2 rings (SSSR count). The van der Waals surface area contributed by atoms with Gasteiger partial charge in [0.05, 0.1) is 5.69 Å². The third-order valence-electron chi connectivity index (χ3n) is 3.13. The molecular weight excluding hydrogens is 292 g/mol. The maximum absolute atomic E-state index is 11.5. The molecule has 23 heavy (non-hydrogen) atoms. The number of nitrogens with zero attached hydrogens (tertiary/aromatic N) is 2. The van der Waals surface area contributed by atoms with Gasteiger partial charge in [-0.05, 0) is 18.9 Å². The van der Waals surface area contributed by atoms with E-state index in [1.54, 1.807) is 6.20 Å². The third kappa shape index (κ3) is 5.78. The Labute approximate surface area is 135 Å². The lowest BCUT2D eigenvalue weighted by Gasteiger charge is -2.06. The molecule has 6 heteroatoms. The molecule has 0 atom stereocenters. The molecule has 0 aliphatic carbocycles. The number of anilines is 1. The highest BCUT2D eigenvalue weighted by atomic mass is 16.5. The third-order valence-corrected chi connectivity index (χ3v) is 3.13. The molecular formula is C17H20N4O2. The fourth-order valence-corrected chi connectivity index (χ4v) is 1.90. The number of hydrogen-bond acceptors (Lipinski definition) is 5. The predicted molar refractivity (Wildman–Crippen MR) is 89.5 cm³/mol. The number of aromatic nitrogens is 2. The first-order valence-electron chi connectivity index (χ1n) is 7.35. The minimum Gasteiger partial charge on any atom is -0.445 e. The summed E-state index contributed by atoms with van der Waals surface area (Å²) in [6, 6.07) is 9.55. The summed E-state index contributed by atoms with van der Waals surface area (Å²) < 4.78 is 5.12. The molecule has 0 aliphatic heterocycles. The Bertz CT molecular complexity index is 672. The molecule has 1 amide bonds. The van der Waals surface area contributed by atoms with Gasteiger partial charge in [-0.1, -0.05) is 42.5 Å². The zero-order chi connectivity index (χ0) is 16.5. The van der Waals surface area contributed by atoms with Crippen molar-refractivity contribution in [1.82, 2.24) is 15.3 Å². The molecule has 3 N–H and O–H groups in total. The Morgan fingerprint density at radius 1 is 1.35 bits per heavy atom. The second-order valence-corrected chi connectivity index (χ2v) is 4.95. The highest BCUT2D eigenvalue weighted by molar-refractivity contribution is 5.67. The standard InChI is InChI=1S/C17H20N4O2/c1-13-15(11-20-16(18)21-13)9-5-6-10-19-17(22)23-12-14-7-3-2-4-8-14/h2-5,7-9,11H,6,10,12H2,1H3,(H,19,22)(H2,18,20,21). The summed E-state index contributed by atoms with van der Waals surface area (Å²) in [5.41, 5.74) is 8.19. The summed E-state index contributed by atoms with van der Waals surface area (Å²) in [6.45, 7) is 2.64. The van der Waals surface area contributed by atoms with Crippen LogP contribution in [-0.4, -0.2) is 22.6 Å². The molecule has 0 fully saturated rings. The SMILES string of the molecule is Cc1nc(N)ncc1C=CCCNC(=O)OCc1ccccc1. The van der Waals surface area contributed by atoms with Crippen molar-refractivity contribution >= 4 is 18.1 Å². The fourth-order valence-electron chi connectivity index (χ4n) is 1.90. The number of nitrogens with two attached hydrogens (primary N) is 1. The van der Waals surface area contributed by atoms with Crippen LogP contribution >= 0.6 is 0 Å². The summed E-state index contributed by atoms with van der Waals surface area (Å²) in [6.07, 6.45) is 5.79. The normalized spacial score (nSPS) is 10.7. The van der Waals surface area contributed by atoms with Crippen molar-refractivity contribution in [3.05, 3.63) is 59.4 Å². The molecule has 0 saturated carbocycles.